The summed E-state index contributed by atoms with van der Waals surface area (Å²) in [4.78, 5) is 3.93. The molecule has 0 heterocycles. The summed E-state index contributed by atoms with van der Waals surface area (Å²) in [5.74, 6) is 1.27. The maximum Gasteiger partial charge on any atom is 0.344 e. The summed E-state index contributed by atoms with van der Waals surface area (Å²) in [7, 11) is 15.8. The molecule has 0 aromatic heterocycles. The van der Waals surface area contributed by atoms with Crippen molar-refractivity contribution in [3.8, 4) is 0 Å². The molecule has 0 N–H and O–H groups in total. The molecule has 0 aliphatic heterocycles. The van der Waals surface area contributed by atoms with Crippen molar-refractivity contribution in [2.75, 3.05) is 56.4 Å². The fourth-order valence-corrected chi connectivity index (χ4v) is 0.800. The van der Waals surface area contributed by atoms with E-state index in [0.717, 1.165) is 5.29 Å². The number of hydrogen-bond donors (Lipinski definition) is 0. The molecule has 5 heteroatoms. The van der Waals surface area contributed by atoms with Gasteiger partial charge in [-0.25, -0.2) is 0 Å². The first-order valence-electron chi connectivity index (χ1n) is 5.16. The van der Waals surface area contributed by atoms with Gasteiger partial charge in [0.15, 0.2) is 0 Å². The number of amidine groups is 2. The first kappa shape index (κ1) is 36.5. The second kappa shape index (κ2) is 18.2. The van der Waals surface area contributed by atoms with Crippen LogP contribution in [0, 0.1) is 0 Å². The maximum atomic E-state index is 5.72. The van der Waals surface area contributed by atoms with Gasteiger partial charge in [0.05, 0.1) is 56.4 Å². The van der Waals surface area contributed by atoms with E-state index in [4.69, 9.17) is 11.6 Å². The molecule has 0 spiro atoms. The van der Waals surface area contributed by atoms with Crippen LogP contribution >= 0.6 is 11.6 Å². The average Bonchev–Trinajstić information content (AvgIpc) is 2.15. The summed E-state index contributed by atoms with van der Waals surface area (Å²) in [5.41, 5.74) is 0. The molecule has 128 valence electrons. The van der Waals surface area contributed by atoms with E-state index >= 15 is 0 Å². The lowest BCUT2D eigenvalue weighted by molar-refractivity contribution is -0.470. The second-order valence-electron chi connectivity index (χ2n) is 4.39. The summed E-state index contributed by atoms with van der Waals surface area (Å²) in [6, 6.07) is 0. The lowest BCUT2D eigenvalue weighted by Crippen LogP contribution is -2.26. The predicted molar refractivity (Wildman–Crippen MR) is 100 cm³/mol. The highest BCUT2D eigenvalue weighted by Gasteiger charge is 2.03. The van der Waals surface area contributed by atoms with Crippen LogP contribution in [0.5, 0.6) is 0 Å². The topological polar surface area (TPSA) is 12.5 Å². The molecule has 0 aliphatic carbocycles. The fraction of sp³-hybridized carbons (Fsp3) is 0.867. The van der Waals surface area contributed by atoms with Gasteiger partial charge in [0.2, 0.25) is 5.84 Å². The van der Waals surface area contributed by atoms with Crippen LogP contribution in [-0.4, -0.2) is 86.5 Å². The normalized spacial score (nSPS) is 6.90. The Labute approximate surface area is 135 Å². The van der Waals surface area contributed by atoms with E-state index in [9.17, 15) is 0 Å². The number of hydrogen-bond acceptors (Lipinski definition) is 0. The largest absolute Gasteiger partial charge is 0.344 e. The summed E-state index contributed by atoms with van der Waals surface area (Å²) < 4.78 is 3.93. The van der Waals surface area contributed by atoms with Crippen LogP contribution in [-0.2, 0) is 0 Å². The van der Waals surface area contributed by atoms with E-state index in [0.29, 0.717) is 0 Å². The van der Waals surface area contributed by atoms with Crippen molar-refractivity contribution in [2.45, 2.75) is 36.6 Å². The van der Waals surface area contributed by atoms with Crippen LogP contribution in [0.15, 0.2) is 0 Å². The van der Waals surface area contributed by atoms with E-state index in [2.05, 4.69) is 16.4 Å². The molecule has 0 aromatic carbocycles. The molecule has 0 amide bonds. The van der Waals surface area contributed by atoms with Gasteiger partial charge in [-0.05, 0) is 0 Å². The zero-order chi connectivity index (χ0) is 13.5. The molecule has 20 heavy (non-hydrogen) atoms. The van der Waals surface area contributed by atoms with Crippen LogP contribution < -0.4 is 0 Å². The Kier molecular flexibility index (Phi) is 33.3. The van der Waals surface area contributed by atoms with E-state index in [-0.39, 0.29) is 29.7 Å². The minimum Gasteiger partial charge on any atom is -0.271 e. The van der Waals surface area contributed by atoms with Gasteiger partial charge in [-0.15, -0.1) is 0 Å². The molecule has 0 atom stereocenters. The van der Waals surface area contributed by atoms with Crippen LogP contribution in [0.2, 0.25) is 0 Å². The third-order valence-corrected chi connectivity index (χ3v) is 2.71. The molecule has 0 saturated carbocycles. The second-order valence-corrected chi connectivity index (χ2v) is 4.73. The Balaban J connectivity index is -0.0000000408. The maximum absolute atomic E-state index is 5.72. The standard InChI is InChI=1S/C6H15N2.C5H12ClN2.4CH4/c1-6(7(2)3)8(4)5;1-7(2)5(6)8(3)4;;;;/h1-5H3;1-4H3;4*1H4/q2*+1;;;;. The smallest absolute Gasteiger partial charge is 0.271 e. The van der Waals surface area contributed by atoms with Crippen molar-refractivity contribution in [2.24, 2.45) is 0 Å². The number of halogens is 1. The van der Waals surface area contributed by atoms with Gasteiger partial charge in [0.1, 0.15) is 0 Å². The van der Waals surface area contributed by atoms with Gasteiger partial charge in [-0.3, -0.25) is 19.0 Å². The van der Waals surface area contributed by atoms with Crippen molar-refractivity contribution in [3.63, 3.8) is 0 Å². The molecular weight excluding hydrogens is 272 g/mol. The highest BCUT2D eigenvalue weighted by molar-refractivity contribution is 6.62. The quantitative estimate of drug-likeness (QED) is 0.295. The van der Waals surface area contributed by atoms with Gasteiger partial charge in [-0.1, -0.05) is 29.7 Å². The Bertz CT molecular complexity index is 233. The zero-order valence-corrected chi connectivity index (χ0v) is 12.9. The van der Waals surface area contributed by atoms with Crippen molar-refractivity contribution >= 4 is 22.7 Å². The SMILES string of the molecule is C.C.C.C.CC(N(C)C)=[N+](C)C.CN(C)C(Cl)=[N+](C)C. The molecule has 0 saturated heterocycles. The highest BCUT2D eigenvalue weighted by atomic mass is 35.5. The third-order valence-electron chi connectivity index (χ3n) is 2.03. The first-order valence-corrected chi connectivity index (χ1v) is 5.54. The summed E-state index contributed by atoms with van der Waals surface area (Å²) >= 11 is 5.72. The lowest BCUT2D eigenvalue weighted by Gasteiger charge is -2.04. The molecule has 4 nitrogen and oxygen atoms in total. The molecule has 0 fully saturated rings. The van der Waals surface area contributed by atoms with Crippen LogP contribution in [0.25, 0.3) is 0 Å². The lowest BCUT2D eigenvalue weighted by atomic mass is 10.6. The monoisotopic (exact) mass is 314 g/mol. The minimum absolute atomic E-state index is 0. The van der Waals surface area contributed by atoms with Gasteiger partial charge in [0, 0.05) is 18.5 Å². The molecule has 0 rings (SSSR count). The first-order chi connectivity index (χ1) is 7.11. The minimum atomic E-state index is 0. The molecule has 0 bridgehead atoms. The predicted octanol–water partition coefficient (Wildman–Crippen LogP) is 3.20. The van der Waals surface area contributed by atoms with Gasteiger partial charge in [-0.2, -0.15) is 0 Å². The molecule has 0 unspecified atom stereocenters. The van der Waals surface area contributed by atoms with E-state index in [1.54, 1.807) is 0 Å². The van der Waals surface area contributed by atoms with Gasteiger partial charge < -0.3 is 0 Å². The Morgan fingerprint density at radius 3 is 1.00 bits per heavy atom. The van der Waals surface area contributed by atoms with Crippen molar-refractivity contribution in [1.29, 1.82) is 0 Å². The van der Waals surface area contributed by atoms with Crippen LogP contribution in [0.1, 0.15) is 36.6 Å². The summed E-state index contributed by atoms with van der Waals surface area (Å²) in [5, 5.41) is 0.741. The summed E-state index contributed by atoms with van der Waals surface area (Å²) in [6.07, 6.45) is 0. The zero-order valence-electron chi connectivity index (χ0n) is 12.2. The van der Waals surface area contributed by atoms with Gasteiger partial charge >= 0.3 is 5.29 Å². The molecule has 0 aromatic rings. The van der Waals surface area contributed by atoms with Crippen LogP contribution in [0.4, 0.5) is 0 Å². The van der Waals surface area contributed by atoms with Crippen LogP contribution in [0.3, 0.4) is 0 Å². The Hall–Kier alpha value is -0.770. The number of nitrogens with zero attached hydrogens (tertiary/aromatic N) is 4. The molecule has 0 radical (unpaired) electrons. The molecular formula is C15H43ClN4+2. The Morgan fingerprint density at radius 1 is 0.700 bits per heavy atom. The van der Waals surface area contributed by atoms with Gasteiger partial charge in [0.25, 0.3) is 0 Å². The van der Waals surface area contributed by atoms with E-state index < -0.39 is 0 Å². The third kappa shape index (κ3) is 19.6. The van der Waals surface area contributed by atoms with E-state index in [1.165, 1.54) is 5.84 Å². The van der Waals surface area contributed by atoms with E-state index in [1.807, 2.05) is 65.9 Å². The average molecular weight is 315 g/mol. The van der Waals surface area contributed by atoms with Crippen molar-refractivity contribution in [3.05, 3.63) is 0 Å². The summed E-state index contributed by atoms with van der Waals surface area (Å²) in [6.45, 7) is 2.08. The molecule has 0 aliphatic rings. The highest BCUT2D eigenvalue weighted by Crippen LogP contribution is 1.85. The Morgan fingerprint density at radius 2 is 1.00 bits per heavy atom. The number of rotatable bonds is 0. The fourth-order valence-electron chi connectivity index (χ4n) is 0.800. The van der Waals surface area contributed by atoms with Crippen molar-refractivity contribution < 1.29 is 9.15 Å². The van der Waals surface area contributed by atoms with Crippen molar-refractivity contribution in [1.82, 2.24) is 9.80 Å².